The van der Waals surface area contributed by atoms with Crippen molar-refractivity contribution >= 4 is 17.6 Å². The summed E-state index contributed by atoms with van der Waals surface area (Å²) in [5.74, 6) is 0.803. The number of ether oxygens (including phenoxy) is 6. The van der Waals surface area contributed by atoms with Gasteiger partial charge in [-0.25, -0.2) is 4.79 Å². The van der Waals surface area contributed by atoms with Crippen LogP contribution >= 0.6 is 0 Å². The zero-order valence-corrected chi connectivity index (χ0v) is 16.6. The molecule has 9 heteroatoms. The van der Waals surface area contributed by atoms with Crippen LogP contribution in [-0.2, 0) is 14.3 Å². The van der Waals surface area contributed by atoms with Crippen molar-refractivity contribution in [1.29, 1.82) is 0 Å². The van der Waals surface area contributed by atoms with Gasteiger partial charge in [-0.1, -0.05) is 12.1 Å². The molecular weight excluding hydrogens is 382 g/mol. The van der Waals surface area contributed by atoms with E-state index in [1.807, 2.05) is 0 Å². The van der Waals surface area contributed by atoms with E-state index < -0.39 is 18.5 Å². The average Bonchev–Trinajstić information content (AvgIpc) is 2.75. The van der Waals surface area contributed by atoms with Gasteiger partial charge in [0.25, 0.3) is 5.91 Å². The number of hydrogen-bond donors (Lipinski definition) is 1. The molecule has 1 amide bonds. The Labute approximate surface area is 168 Å². The van der Waals surface area contributed by atoms with Gasteiger partial charge in [0.1, 0.15) is 0 Å². The van der Waals surface area contributed by atoms with Gasteiger partial charge < -0.3 is 33.7 Å². The van der Waals surface area contributed by atoms with Crippen LogP contribution in [0.25, 0.3) is 0 Å². The molecule has 2 rings (SSSR count). The van der Waals surface area contributed by atoms with E-state index in [0.29, 0.717) is 34.4 Å². The molecule has 2 aromatic rings. The van der Waals surface area contributed by atoms with Crippen molar-refractivity contribution in [2.45, 2.75) is 0 Å². The Morgan fingerprint density at radius 2 is 1.38 bits per heavy atom. The Morgan fingerprint density at radius 1 is 0.793 bits per heavy atom. The van der Waals surface area contributed by atoms with Gasteiger partial charge in [-0.15, -0.1) is 0 Å². The first kappa shape index (κ1) is 21.7. The van der Waals surface area contributed by atoms with E-state index in [1.54, 1.807) is 36.4 Å². The highest BCUT2D eigenvalue weighted by Gasteiger charge is 2.15. The summed E-state index contributed by atoms with van der Waals surface area (Å²) in [4.78, 5) is 23.9. The maximum Gasteiger partial charge on any atom is 0.344 e. The molecule has 0 saturated heterocycles. The van der Waals surface area contributed by atoms with E-state index in [2.05, 4.69) is 5.32 Å². The summed E-state index contributed by atoms with van der Waals surface area (Å²) in [6.07, 6.45) is 0. The van der Waals surface area contributed by atoms with Gasteiger partial charge in [-0.2, -0.15) is 0 Å². The Morgan fingerprint density at radius 3 is 1.93 bits per heavy atom. The minimum atomic E-state index is -0.698. The van der Waals surface area contributed by atoms with Gasteiger partial charge in [0.15, 0.2) is 36.2 Å². The molecule has 0 spiro atoms. The lowest BCUT2D eigenvalue weighted by Crippen LogP contribution is -2.23. The summed E-state index contributed by atoms with van der Waals surface area (Å²) < 4.78 is 31.1. The Balaban J connectivity index is 1.88. The first-order chi connectivity index (χ1) is 14.0. The fourth-order valence-electron chi connectivity index (χ4n) is 2.41. The SMILES string of the molecule is COc1ccccc1OCC(=O)OCC(=O)Nc1cc(OC)c(OC)c(OC)c1. The largest absolute Gasteiger partial charge is 0.493 e. The van der Waals surface area contributed by atoms with E-state index >= 15 is 0 Å². The van der Waals surface area contributed by atoms with E-state index in [1.165, 1.54) is 28.4 Å². The Hall–Kier alpha value is -3.62. The lowest BCUT2D eigenvalue weighted by atomic mass is 10.2. The maximum absolute atomic E-state index is 12.1. The lowest BCUT2D eigenvalue weighted by molar-refractivity contribution is -0.149. The van der Waals surface area contributed by atoms with Gasteiger partial charge in [-0.05, 0) is 12.1 Å². The van der Waals surface area contributed by atoms with Crippen molar-refractivity contribution < 1.29 is 38.0 Å². The quantitative estimate of drug-likeness (QED) is 0.601. The minimum absolute atomic E-state index is 0.363. The summed E-state index contributed by atoms with van der Waals surface area (Å²) in [5, 5.41) is 2.60. The van der Waals surface area contributed by atoms with E-state index in [-0.39, 0.29) is 6.61 Å². The third kappa shape index (κ3) is 5.93. The van der Waals surface area contributed by atoms with E-state index in [0.717, 1.165) is 0 Å². The molecule has 0 radical (unpaired) electrons. The molecule has 0 aliphatic rings. The van der Waals surface area contributed by atoms with Crippen molar-refractivity contribution in [2.75, 3.05) is 47.0 Å². The molecule has 0 bridgehead atoms. The number of carbonyl (C=O) groups is 2. The van der Waals surface area contributed by atoms with Crippen LogP contribution in [0.4, 0.5) is 5.69 Å². The van der Waals surface area contributed by atoms with Crippen LogP contribution in [0.5, 0.6) is 28.7 Å². The number of benzene rings is 2. The number of nitrogens with one attached hydrogen (secondary N) is 1. The normalized spacial score (nSPS) is 9.93. The zero-order valence-electron chi connectivity index (χ0n) is 16.6. The minimum Gasteiger partial charge on any atom is -0.493 e. The number of hydrogen-bond acceptors (Lipinski definition) is 8. The number of methoxy groups -OCH3 is 4. The van der Waals surface area contributed by atoms with Crippen molar-refractivity contribution in [3.8, 4) is 28.7 Å². The van der Waals surface area contributed by atoms with Crippen LogP contribution in [0.3, 0.4) is 0 Å². The second-order valence-electron chi connectivity index (χ2n) is 5.56. The highest BCUT2D eigenvalue weighted by molar-refractivity contribution is 5.93. The summed E-state index contributed by atoms with van der Waals surface area (Å²) >= 11 is 0. The maximum atomic E-state index is 12.1. The fourth-order valence-corrected chi connectivity index (χ4v) is 2.41. The highest BCUT2D eigenvalue weighted by atomic mass is 16.6. The first-order valence-electron chi connectivity index (χ1n) is 8.53. The third-order valence-corrected chi connectivity index (χ3v) is 3.73. The molecule has 0 atom stereocenters. The average molecular weight is 405 g/mol. The molecule has 0 aliphatic heterocycles. The standard InChI is InChI=1S/C20H23NO8/c1-24-14-7-5-6-8-15(14)28-12-19(23)29-11-18(22)21-13-9-16(25-2)20(27-4)17(10-13)26-3/h5-10H,11-12H2,1-4H3,(H,21,22). The predicted octanol–water partition coefficient (Wildman–Crippen LogP) is 2.28. The van der Waals surface area contributed by atoms with Crippen LogP contribution in [0.1, 0.15) is 0 Å². The Kier molecular flexibility index (Phi) is 7.96. The predicted molar refractivity (Wildman–Crippen MR) is 104 cm³/mol. The molecule has 29 heavy (non-hydrogen) atoms. The van der Waals surface area contributed by atoms with Crippen molar-refractivity contribution in [3.63, 3.8) is 0 Å². The van der Waals surface area contributed by atoms with Crippen LogP contribution in [-0.4, -0.2) is 53.5 Å². The van der Waals surface area contributed by atoms with Crippen LogP contribution in [0.15, 0.2) is 36.4 Å². The molecule has 9 nitrogen and oxygen atoms in total. The number of rotatable bonds is 10. The summed E-state index contributed by atoms with van der Waals surface area (Å²) in [5.41, 5.74) is 0.394. The van der Waals surface area contributed by atoms with E-state index in [9.17, 15) is 9.59 Å². The topological polar surface area (TPSA) is 102 Å². The number of esters is 1. The smallest absolute Gasteiger partial charge is 0.344 e. The summed E-state index contributed by atoms with van der Waals surface area (Å²) in [6, 6.07) is 10.00. The summed E-state index contributed by atoms with van der Waals surface area (Å²) in [6.45, 7) is -0.845. The molecular formula is C20H23NO8. The molecule has 0 fully saturated rings. The monoisotopic (exact) mass is 405 g/mol. The highest BCUT2D eigenvalue weighted by Crippen LogP contribution is 2.39. The van der Waals surface area contributed by atoms with Crippen LogP contribution < -0.4 is 29.0 Å². The van der Waals surface area contributed by atoms with Gasteiger partial charge in [0.05, 0.1) is 28.4 Å². The first-order valence-corrected chi connectivity index (χ1v) is 8.53. The van der Waals surface area contributed by atoms with Crippen molar-refractivity contribution in [3.05, 3.63) is 36.4 Å². The molecule has 0 saturated carbocycles. The molecule has 2 aromatic carbocycles. The Bertz CT molecular complexity index is 827. The van der Waals surface area contributed by atoms with Gasteiger partial charge in [0.2, 0.25) is 5.75 Å². The second kappa shape index (κ2) is 10.6. The fraction of sp³-hybridized carbons (Fsp3) is 0.300. The number of anilines is 1. The number of carbonyl (C=O) groups excluding carboxylic acids is 2. The number of para-hydroxylation sites is 2. The molecule has 0 heterocycles. The summed E-state index contributed by atoms with van der Waals surface area (Å²) in [7, 11) is 5.90. The van der Waals surface area contributed by atoms with Crippen molar-refractivity contribution in [2.24, 2.45) is 0 Å². The van der Waals surface area contributed by atoms with Gasteiger partial charge in [-0.3, -0.25) is 4.79 Å². The van der Waals surface area contributed by atoms with Crippen LogP contribution in [0.2, 0.25) is 0 Å². The third-order valence-electron chi connectivity index (χ3n) is 3.73. The number of amides is 1. The molecule has 156 valence electrons. The van der Waals surface area contributed by atoms with Crippen molar-refractivity contribution in [1.82, 2.24) is 0 Å². The lowest BCUT2D eigenvalue weighted by Gasteiger charge is -2.14. The van der Waals surface area contributed by atoms with E-state index in [4.69, 9.17) is 28.4 Å². The van der Waals surface area contributed by atoms with Gasteiger partial charge in [0, 0.05) is 17.8 Å². The molecule has 1 N–H and O–H groups in total. The van der Waals surface area contributed by atoms with Gasteiger partial charge >= 0.3 is 5.97 Å². The molecule has 0 aromatic heterocycles. The van der Waals surface area contributed by atoms with Crippen LogP contribution in [0, 0.1) is 0 Å². The zero-order chi connectivity index (χ0) is 21.2. The second-order valence-corrected chi connectivity index (χ2v) is 5.56. The molecule has 0 aliphatic carbocycles. The molecule has 0 unspecified atom stereocenters.